The van der Waals surface area contributed by atoms with E-state index < -0.39 is 78.5 Å². The Hall–Kier alpha value is -1.20. The maximum absolute atomic E-state index is 13.0. The highest BCUT2D eigenvalue weighted by molar-refractivity contribution is 7.80. The Morgan fingerprint density at radius 3 is 1.58 bits per heavy atom. The number of amides is 1. The third kappa shape index (κ3) is 27.3. The van der Waals surface area contributed by atoms with Gasteiger partial charge in [-0.3, -0.25) is 9.35 Å². The Balaban J connectivity index is 2.42. The van der Waals surface area contributed by atoms with E-state index in [2.05, 4.69) is 23.3 Å². The summed E-state index contributed by atoms with van der Waals surface area (Å²) in [5, 5.41) is 54.9. The molecule has 1 saturated heterocycles. The molecule has 1 rings (SSSR count). The van der Waals surface area contributed by atoms with Crippen LogP contribution in [0.2, 0.25) is 0 Å². The van der Waals surface area contributed by atoms with Crippen molar-refractivity contribution in [2.45, 2.75) is 243 Å². The molecule has 0 aromatic carbocycles. The van der Waals surface area contributed by atoms with Crippen molar-refractivity contribution in [1.82, 2.24) is 5.32 Å². The fourth-order valence-corrected chi connectivity index (χ4v) is 7.79. The molecule has 57 heavy (non-hydrogen) atoms. The largest absolute Gasteiger partial charge is 0.397 e. The van der Waals surface area contributed by atoms with Gasteiger partial charge in [-0.25, -0.2) is 4.18 Å². The molecule has 8 atom stereocenters. The van der Waals surface area contributed by atoms with Gasteiger partial charge < -0.3 is 40.3 Å². The van der Waals surface area contributed by atoms with Gasteiger partial charge in [0.25, 0.3) is 0 Å². The first kappa shape index (κ1) is 53.8. The van der Waals surface area contributed by atoms with Crippen molar-refractivity contribution in [1.29, 1.82) is 0 Å². The second kappa shape index (κ2) is 34.5. The van der Waals surface area contributed by atoms with Gasteiger partial charge in [0.1, 0.15) is 30.5 Å². The maximum atomic E-state index is 13.0. The summed E-state index contributed by atoms with van der Waals surface area (Å²) in [6.07, 6.45) is 24.9. The van der Waals surface area contributed by atoms with E-state index in [1.165, 1.54) is 115 Å². The number of allylic oxidation sites excluding steroid dienone is 1. The minimum absolute atomic E-state index is 0.247. The molecule has 1 amide bonds. The third-order valence-corrected chi connectivity index (χ3v) is 11.4. The maximum Gasteiger partial charge on any atom is 0.397 e. The van der Waals surface area contributed by atoms with Gasteiger partial charge in [-0.1, -0.05) is 187 Å². The Morgan fingerprint density at radius 1 is 0.702 bits per heavy atom. The molecule has 0 saturated carbocycles. The second-order valence-electron chi connectivity index (χ2n) is 16.1. The first-order valence-corrected chi connectivity index (χ1v) is 24.0. The summed E-state index contributed by atoms with van der Waals surface area (Å²) in [6.45, 7) is 3.14. The number of aliphatic hydroxyl groups is 5. The fraction of sp³-hybridized carbons (Fsp3) is 0.930. The quantitative estimate of drug-likeness (QED) is 0.0185. The van der Waals surface area contributed by atoms with Gasteiger partial charge >= 0.3 is 10.4 Å². The van der Waals surface area contributed by atoms with Crippen LogP contribution in [0.1, 0.15) is 194 Å². The number of carbonyl (C=O) groups excluding carboxylic acids is 1. The van der Waals surface area contributed by atoms with E-state index >= 15 is 0 Å². The molecular weight excluding hydrogens is 755 g/mol. The average molecular weight is 838 g/mol. The van der Waals surface area contributed by atoms with E-state index in [0.717, 1.165) is 51.4 Å². The summed E-state index contributed by atoms with van der Waals surface area (Å²) < 4.78 is 47.3. The summed E-state index contributed by atoms with van der Waals surface area (Å²) >= 11 is 0. The number of aliphatic hydroxyl groups excluding tert-OH is 5. The number of unbranched alkanes of at least 4 members (excludes halogenated alkanes) is 25. The van der Waals surface area contributed by atoms with Gasteiger partial charge in [-0.15, -0.1) is 0 Å². The van der Waals surface area contributed by atoms with Crippen LogP contribution in [0.25, 0.3) is 0 Å². The third-order valence-electron chi connectivity index (χ3n) is 10.9. The van der Waals surface area contributed by atoms with Crippen LogP contribution in [-0.2, 0) is 28.9 Å². The van der Waals surface area contributed by atoms with Crippen LogP contribution in [0.3, 0.4) is 0 Å². The summed E-state index contributed by atoms with van der Waals surface area (Å²) in [5.41, 5.74) is 0. The van der Waals surface area contributed by atoms with Crippen LogP contribution in [0, 0.1) is 0 Å². The molecule has 13 nitrogen and oxygen atoms in total. The lowest BCUT2D eigenvalue weighted by Crippen LogP contribution is -2.61. The van der Waals surface area contributed by atoms with Crippen molar-refractivity contribution in [3.05, 3.63) is 12.2 Å². The van der Waals surface area contributed by atoms with Gasteiger partial charge in [-0.05, 0) is 19.3 Å². The molecular formula is C43H83NO12S. The molecule has 0 aliphatic carbocycles. The van der Waals surface area contributed by atoms with Gasteiger partial charge in [0.15, 0.2) is 6.29 Å². The second-order valence-corrected chi connectivity index (χ2v) is 17.2. The summed E-state index contributed by atoms with van der Waals surface area (Å²) in [6, 6.07) is -1.11. The zero-order valence-electron chi connectivity index (χ0n) is 35.5. The Kier molecular flexibility index (Phi) is 32.6. The standard InChI is InChI=1S/C43H83NO12S/c1-3-5-7-9-11-12-13-14-15-16-17-18-19-20-21-22-23-24-26-28-30-32-37(47)42(50)44-35(36(46)31-29-27-25-10-8-6-4-2)34-54-43-40(49)41(56-57(51,52)53)39(48)38(33-45)55-43/h29,31,35-41,43,45-49H,3-28,30,32-34H2,1-2H3,(H,44,50)(H,51,52,53)/b31-29+. The van der Waals surface area contributed by atoms with Crippen LogP contribution in [-0.4, -0.2) is 107 Å². The summed E-state index contributed by atoms with van der Waals surface area (Å²) in [7, 11) is -5.11. The molecule has 0 spiro atoms. The van der Waals surface area contributed by atoms with Crippen LogP contribution < -0.4 is 5.32 Å². The van der Waals surface area contributed by atoms with Gasteiger partial charge in [0.2, 0.25) is 5.91 Å². The van der Waals surface area contributed by atoms with E-state index in [9.17, 15) is 38.7 Å². The zero-order chi connectivity index (χ0) is 42.2. The number of hydrogen-bond acceptors (Lipinski definition) is 11. The SMILES string of the molecule is CCCCCCC/C=C/C(O)C(COC1OC(CO)C(O)C(OS(=O)(=O)O)C1O)NC(=O)C(O)CCCCCCCCCCCCCCCCCCCCCCC. The van der Waals surface area contributed by atoms with Crippen molar-refractivity contribution in [2.24, 2.45) is 0 Å². The van der Waals surface area contributed by atoms with Crippen LogP contribution in [0.5, 0.6) is 0 Å². The Bertz CT molecular complexity index is 1100. The molecule has 1 fully saturated rings. The predicted molar refractivity (Wildman–Crippen MR) is 224 cm³/mol. The Labute approximate surface area is 345 Å². The molecule has 7 N–H and O–H groups in total. The molecule has 0 aromatic rings. The monoisotopic (exact) mass is 838 g/mol. The fourth-order valence-electron chi connectivity index (χ4n) is 7.28. The van der Waals surface area contributed by atoms with Crippen molar-refractivity contribution in [2.75, 3.05) is 13.2 Å². The van der Waals surface area contributed by atoms with Crippen molar-refractivity contribution >= 4 is 16.3 Å². The number of rotatable bonds is 38. The topological polar surface area (TPSA) is 212 Å². The molecule has 1 aliphatic heterocycles. The lowest BCUT2D eigenvalue weighted by molar-refractivity contribution is -0.298. The van der Waals surface area contributed by atoms with Crippen molar-refractivity contribution < 1.29 is 57.0 Å². The minimum atomic E-state index is -5.11. The van der Waals surface area contributed by atoms with Crippen LogP contribution >= 0.6 is 0 Å². The van der Waals surface area contributed by atoms with E-state index in [0.29, 0.717) is 12.8 Å². The highest BCUT2D eigenvalue weighted by atomic mass is 32.3. The van der Waals surface area contributed by atoms with Crippen LogP contribution in [0.15, 0.2) is 12.2 Å². The van der Waals surface area contributed by atoms with E-state index in [4.69, 9.17) is 14.0 Å². The first-order chi connectivity index (χ1) is 27.4. The summed E-state index contributed by atoms with van der Waals surface area (Å²) in [5.74, 6) is -0.704. The predicted octanol–water partition coefficient (Wildman–Crippen LogP) is 7.36. The van der Waals surface area contributed by atoms with Crippen LogP contribution in [0.4, 0.5) is 0 Å². The van der Waals surface area contributed by atoms with Gasteiger partial charge in [0.05, 0.1) is 25.4 Å². The molecule has 0 aromatic heterocycles. The summed E-state index contributed by atoms with van der Waals surface area (Å²) in [4.78, 5) is 13.0. The van der Waals surface area contributed by atoms with Crippen molar-refractivity contribution in [3.63, 3.8) is 0 Å². The smallest absolute Gasteiger partial charge is 0.394 e. The van der Waals surface area contributed by atoms with Gasteiger partial charge in [-0.2, -0.15) is 8.42 Å². The molecule has 1 aliphatic rings. The van der Waals surface area contributed by atoms with E-state index in [1.54, 1.807) is 6.08 Å². The molecule has 14 heteroatoms. The highest BCUT2D eigenvalue weighted by Crippen LogP contribution is 2.26. The van der Waals surface area contributed by atoms with E-state index in [-0.39, 0.29) is 6.42 Å². The molecule has 1 heterocycles. The Morgan fingerprint density at radius 2 is 1.14 bits per heavy atom. The molecule has 0 radical (unpaired) electrons. The molecule has 338 valence electrons. The number of nitrogens with one attached hydrogen (secondary N) is 1. The number of carbonyl (C=O) groups is 1. The lowest BCUT2D eigenvalue weighted by atomic mass is 9.99. The van der Waals surface area contributed by atoms with E-state index in [1.807, 2.05) is 0 Å². The number of hydrogen-bond donors (Lipinski definition) is 7. The van der Waals surface area contributed by atoms with Gasteiger partial charge in [0, 0.05) is 0 Å². The molecule has 0 bridgehead atoms. The van der Waals surface area contributed by atoms with Crippen molar-refractivity contribution in [3.8, 4) is 0 Å². The number of ether oxygens (including phenoxy) is 2. The normalized spacial score (nSPS) is 21.9. The molecule has 8 unspecified atom stereocenters. The average Bonchev–Trinajstić information content (AvgIpc) is 3.18. The first-order valence-electron chi connectivity index (χ1n) is 22.7. The zero-order valence-corrected chi connectivity index (χ0v) is 36.3. The minimum Gasteiger partial charge on any atom is -0.394 e. The highest BCUT2D eigenvalue weighted by Gasteiger charge is 2.48. The lowest BCUT2D eigenvalue weighted by Gasteiger charge is -2.41.